The van der Waals surface area contributed by atoms with E-state index in [-0.39, 0.29) is 0 Å². The molecule has 3 heterocycles. The lowest BCUT2D eigenvalue weighted by atomic mass is 9.93. The minimum Gasteiger partial charge on any atom is -0.298 e. The normalized spacial score (nSPS) is 17.5. The molecule has 30 heavy (non-hydrogen) atoms. The van der Waals surface area contributed by atoms with Crippen molar-refractivity contribution in [1.82, 2.24) is 24.5 Å². The number of aromatic nitrogens is 4. The van der Waals surface area contributed by atoms with Crippen LogP contribution in [0.5, 0.6) is 0 Å². The smallest absolute Gasteiger partial charge is 0.252 e. The van der Waals surface area contributed by atoms with Crippen LogP contribution in [-0.4, -0.2) is 37.6 Å². The largest absolute Gasteiger partial charge is 0.298 e. The van der Waals surface area contributed by atoms with E-state index in [2.05, 4.69) is 81.5 Å². The lowest BCUT2D eigenvalue weighted by Crippen LogP contribution is -2.34. The predicted molar refractivity (Wildman–Crippen MR) is 119 cm³/mol. The Bertz CT molecular complexity index is 1180. The highest BCUT2D eigenvalue weighted by molar-refractivity contribution is 5.67. The third-order valence-corrected chi connectivity index (χ3v) is 6.12. The summed E-state index contributed by atoms with van der Waals surface area (Å²) in [5.74, 6) is 1.15. The highest BCUT2D eigenvalue weighted by Crippen LogP contribution is 2.29. The van der Waals surface area contributed by atoms with E-state index in [1.165, 1.54) is 40.8 Å². The summed E-state index contributed by atoms with van der Waals surface area (Å²) in [7, 11) is 0. The Balaban J connectivity index is 1.37. The number of benzene rings is 2. The zero-order valence-corrected chi connectivity index (χ0v) is 17.6. The van der Waals surface area contributed by atoms with E-state index in [1.54, 1.807) is 6.33 Å². The van der Waals surface area contributed by atoms with Gasteiger partial charge in [-0.25, -0.2) is 9.50 Å². The highest BCUT2D eigenvalue weighted by Gasteiger charge is 2.24. The summed E-state index contributed by atoms with van der Waals surface area (Å²) in [6, 6.07) is 19.8. The van der Waals surface area contributed by atoms with Gasteiger partial charge in [0, 0.05) is 24.7 Å². The SMILES string of the molecule is Cc1cc(C2CCCN(Cc3cccc(-c4ccccc4C)c3)C2)n2ncnc2n1. The fraction of sp³-hybridized carbons (Fsp3) is 0.320. The first kappa shape index (κ1) is 18.9. The molecule has 0 aliphatic carbocycles. The van der Waals surface area contributed by atoms with E-state index >= 15 is 0 Å². The van der Waals surface area contributed by atoms with Gasteiger partial charge in [-0.1, -0.05) is 42.5 Å². The molecule has 1 atom stereocenters. The first-order valence-corrected chi connectivity index (χ1v) is 10.7. The summed E-state index contributed by atoms with van der Waals surface area (Å²) in [6.45, 7) is 7.36. The van der Waals surface area contributed by atoms with Gasteiger partial charge in [0.05, 0.1) is 5.69 Å². The molecule has 0 amide bonds. The number of nitrogens with zero attached hydrogens (tertiary/aromatic N) is 5. The third kappa shape index (κ3) is 3.73. The molecular formula is C25H27N5. The van der Waals surface area contributed by atoms with Gasteiger partial charge in [0.2, 0.25) is 0 Å². The summed E-state index contributed by atoms with van der Waals surface area (Å²) in [6.07, 6.45) is 3.97. The van der Waals surface area contributed by atoms with Gasteiger partial charge in [0.15, 0.2) is 0 Å². The molecule has 0 radical (unpaired) electrons. The van der Waals surface area contributed by atoms with Crippen molar-refractivity contribution in [2.24, 2.45) is 0 Å². The highest BCUT2D eigenvalue weighted by atomic mass is 15.3. The number of hydrogen-bond acceptors (Lipinski definition) is 4. The second-order valence-electron chi connectivity index (χ2n) is 8.38. The molecule has 1 aliphatic heterocycles. The van der Waals surface area contributed by atoms with Crippen LogP contribution in [-0.2, 0) is 6.54 Å². The van der Waals surface area contributed by atoms with Crippen molar-refractivity contribution in [3.05, 3.63) is 83.4 Å². The van der Waals surface area contributed by atoms with E-state index in [4.69, 9.17) is 0 Å². The van der Waals surface area contributed by atoms with Crippen LogP contribution < -0.4 is 0 Å². The van der Waals surface area contributed by atoms with Gasteiger partial charge in [-0.3, -0.25) is 4.90 Å². The Labute approximate surface area is 177 Å². The minimum atomic E-state index is 0.448. The maximum Gasteiger partial charge on any atom is 0.252 e. The Morgan fingerprint density at radius 2 is 1.93 bits per heavy atom. The van der Waals surface area contributed by atoms with Crippen LogP contribution in [0.3, 0.4) is 0 Å². The van der Waals surface area contributed by atoms with E-state index in [0.717, 1.165) is 25.3 Å². The van der Waals surface area contributed by atoms with Crippen molar-refractivity contribution >= 4 is 5.78 Å². The van der Waals surface area contributed by atoms with Gasteiger partial charge in [0.1, 0.15) is 6.33 Å². The topological polar surface area (TPSA) is 46.3 Å². The Kier molecular flexibility index (Phi) is 5.05. The second kappa shape index (κ2) is 8.00. The van der Waals surface area contributed by atoms with Gasteiger partial charge in [-0.05, 0) is 67.6 Å². The number of piperidine rings is 1. The summed E-state index contributed by atoms with van der Waals surface area (Å²) in [5.41, 5.74) is 7.54. The van der Waals surface area contributed by atoms with Gasteiger partial charge >= 0.3 is 0 Å². The molecule has 5 rings (SSSR count). The molecule has 0 N–H and O–H groups in total. The predicted octanol–water partition coefficient (Wildman–Crippen LogP) is 4.79. The average molecular weight is 398 g/mol. The molecule has 1 fully saturated rings. The maximum atomic E-state index is 4.50. The summed E-state index contributed by atoms with van der Waals surface area (Å²) < 4.78 is 1.92. The van der Waals surface area contributed by atoms with Crippen molar-refractivity contribution < 1.29 is 0 Å². The fourth-order valence-electron chi connectivity index (χ4n) is 4.68. The molecule has 1 saturated heterocycles. The molecule has 1 aliphatic rings. The van der Waals surface area contributed by atoms with Crippen LogP contribution in [0.2, 0.25) is 0 Å². The molecule has 2 aromatic heterocycles. The van der Waals surface area contributed by atoms with Crippen LogP contribution in [0.25, 0.3) is 16.9 Å². The molecule has 2 aromatic carbocycles. The fourth-order valence-corrected chi connectivity index (χ4v) is 4.68. The van der Waals surface area contributed by atoms with Crippen molar-refractivity contribution in [3.63, 3.8) is 0 Å². The Morgan fingerprint density at radius 1 is 1.03 bits per heavy atom. The quantitative estimate of drug-likeness (QED) is 0.497. The molecule has 0 bridgehead atoms. The van der Waals surface area contributed by atoms with E-state index in [0.29, 0.717) is 11.7 Å². The molecule has 1 unspecified atom stereocenters. The van der Waals surface area contributed by atoms with Crippen LogP contribution >= 0.6 is 0 Å². The first-order chi connectivity index (χ1) is 14.7. The second-order valence-corrected chi connectivity index (χ2v) is 8.38. The number of rotatable bonds is 4. The standard InChI is InChI=1S/C25H27N5/c1-18-7-3-4-11-23(18)21-9-5-8-20(14-21)15-29-12-6-10-22(16-29)24-13-19(2)28-25-26-17-27-30(24)25/h3-5,7-9,11,13-14,17,22H,6,10,12,15-16H2,1-2H3. The number of likely N-dealkylation sites (tertiary alicyclic amines) is 1. The summed E-state index contributed by atoms with van der Waals surface area (Å²) >= 11 is 0. The monoisotopic (exact) mass is 397 g/mol. The molecule has 0 spiro atoms. The molecule has 4 aromatic rings. The van der Waals surface area contributed by atoms with Crippen molar-refractivity contribution in [1.29, 1.82) is 0 Å². The molecule has 152 valence electrons. The maximum absolute atomic E-state index is 4.50. The summed E-state index contributed by atoms with van der Waals surface area (Å²) in [4.78, 5) is 11.4. The van der Waals surface area contributed by atoms with Crippen LogP contribution in [0.15, 0.2) is 60.9 Å². The Morgan fingerprint density at radius 3 is 2.83 bits per heavy atom. The van der Waals surface area contributed by atoms with E-state index in [1.807, 2.05) is 11.4 Å². The lowest BCUT2D eigenvalue weighted by molar-refractivity contribution is 0.197. The molecule has 5 nitrogen and oxygen atoms in total. The van der Waals surface area contributed by atoms with Gasteiger partial charge < -0.3 is 0 Å². The zero-order chi connectivity index (χ0) is 20.5. The van der Waals surface area contributed by atoms with Crippen LogP contribution in [0, 0.1) is 13.8 Å². The van der Waals surface area contributed by atoms with Gasteiger partial charge in [-0.15, -0.1) is 0 Å². The number of fused-ring (bicyclic) bond motifs is 1. The zero-order valence-electron chi connectivity index (χ0n) is 17.6. The van der Waals surface area contributed by atoms with Crippen molar-refractivity contribution in [2.75, 3.05) is 13.1 Å². The van der Waals surface area contributed by atoms with E-state index in [9.17, 15) is 0 Å². The van der Waals surface area contributed by atoms with E-state index < -0.39 is 0 Å². The molecule has 0 saturated carbocycles. The van der Waals surface area contributed by atoms with Gasteiger partial charge in [0.25, 0.3) is 5.78 Å². The number of aryl methyl sites for hydroxylation is 2. The first-order valence-electron chi connectivity index (χ1n) is 10.7. The van der Waals surface area contributed by atoms with Crippen LogP contribution in [0.1, 0.15) is 41.3 Å². The Hall–Kier alpha value is -3.05. The number of hydrogen-bond donors (Lipinski definition) is 0. The molecule has 5 heteroatoms. The third-order valence-electron chi connectivity index (χ3n) is 6.12. The van der Waals surface area contributed by atoms with Gasteiger partial charge in [-0.2, -0.15) is 10.1 Å². The average Bonchev–Trinajstić information content (AvgIpc) is 3.22. The van der Waals surface area contributed by atoms with Crippen molar-refractivity contribution in [3.8, 4) is 11.1 Å². The lowest BCUT2D eigenvalue weighted by Gasteiger charge is -2.33. The minimum absolute atomic E-state index is 0.448. The summed E-state index contributed by atoms with van der Waals surface area (Å²) in [5, 5.41) is 4.42. The van der Waals surface area contributed by atoms with Crippen LogP contribution in [0.4, 0.5) is 0 Å². The van der Waals surface area contributed by atoms with Crippen molar-refractivity contribution in [2.45, 2.75) is 39.2 Å². The molecular weight excluding hydrogens is 370 g/mol.